The zero-order valence-corrected chi connectivity index (χ0v) is 15.1. The molecule has 9 nitrogen and oxygen atoms in total. The van der Waals surface area contributed by atoms with Crippen LogP contribution in [0.3, 0.4) is 0 Å². The van der Waals surface area contributed by atoms with Gasteiger partial charge in [0.15, 0.2) is 6.49 Å². The predicted molar refractivity (Wildman–Crippen MR) is 90.9 cm³/mol. The van der Waals surface area contributed by atoms with Crippen molar-refractivity contribution in [1.29, 1.82) is 0 Å². The number of hydrogen-bond donors (Lipinski definition) is 3. The van der Waals surface area contributed by atoms with E-state index in [0.717, 1.165) is 78.9 Å². The van der Waals surface area contributed by atoms with Gasteiger partial charge in [0.1, 0.15) is 0 Å². The molecule has 3 fully saturated rings. The summed E-state index contributed by atoms with van der Waals surface area (Å²) in [5.41, 5.74) is 0. The Morgan fingerprint density at radius 3 is 1.09 bits per heavy atom. The predicted octanol–water partition coefficient (Wildman–Crippen LogP) is -1.28. The third kappa shape index (κ3) is 5.94. The van der Waals surface area contributed by atoms with Gasteiger partial charge < -0.3 is 14.2 Å². The molecule has 3 rings (SSSR count). The van der Waals surface area contributed by atoms with Gasteiger partial charge in [-0.05, 0) is 11.8 Å². The van der Waals surface area contributed by atoms with E-state index < -0.39 is 6.49 Å². The second-order valence-corrected chi connectivity index (χ2v) is 9.17. The summed E-state index contributed by atoms with van der Waals surface area (Å²) < 4.78 is 16.2. The van der Waals surface area contributed by atoms with E-state index in [2.05, 4.69) is 30.6 Å². The molecular formula is C12H27N6O3PS. The van der Waals surface area contributed by atoms with Crippen molar-refractivity contribution in [3.05, 3.63) is 0 Å². The molecule has 0 aliphatic carbocycles. The first-order chi connectivity index (χ1) is 11.2. The number of hydrazine groups is 3. The average Bonchev–Trinajstić information content (AvgIpc) is 2.57. The first-order valence-electron chi connectivity index (χ1n) is 8.15. The first kappa shape index (κ1) is 18.1. The topological polar surface area (TPSA) is 73.5 Å². The maximum atomic E-state index is 5.97. The Hall–Kier alpha value is 0.290. The van der Waals surface area contributed by atoms with E-state index in [4.69, 9.17) is 26.0 Å². The second-order valence-electron chi connectivity index (χ2n) is 5.71. The Morgan fingerprint density at radius 2 is 0.826 bits per heavy atom. The van der Waals surface area contributed by atoms with Crippen LogP contribution in [0.4, 0.5) is 0 Å². The summed E-state index contributed by atoms with van der Waals surface area (Å²) >= 11 is 5.97. The summed E-state index contributed by atoms with van der Waals surface area (Å²) in [4.78, 5) is 0. The largest absolute Gasteiger partial charge is 0.379 e. The molecule has 0 amide bonds. The minimum absolute atomic E-state index is 0.734. The lowest BCUT2D eigenvalue weighted by Gasteiger charge is -2.41. The highest BCUT2D eigenvalue weighted by molar-refractivity contribution is 8.11. The molecule has 0 bridgehead atoms. The van der Waals surface area contributed by atoms with Crippen LogP contribution in [0.2, 0.25) is 0 Å². The van der Waals surface area contributed by atoms with Crippen molar-refractivity contribution < 1.29 is 14.2 Å². The molecule has 134 valence electrons. The van der Waals surface area contributed by atoms with Crippen molar-refractivity contribution in [2.45, 2.75) is 0 Å². The van der Waals surface area contributed by atoms with E-state index in [1.165, 1.54) is 0 Å². The van der Waals surface area contributed by atoms with E-state index in [-0.39, 0.29) is 0 Å². The highest BCUT2D eigenvalue weighted by Crippen LogP contribution is 2.33. The van der Waals surface area contributed by atoms with Gasteiger partial charge in [0.05, 0.1) is 39.6 Å². The van der Waals surface area contributed by atoms with Gasteiger partial charge in [-0.1, -0.05) is 0 Å². The highest BCUT2D eigenvalue weighted by atomic mass is 32.4. The van der Waals surface area contributed by atoms with Crippen molar-refractivity contribution in [2.75, 3.05) is 78.9 Å². The zero-order chi connectivity index (χ0) is 16.0. The lowest BCUT2D eigenvalue weighted by molar-refractivity contribution is 0.0126. The summed E-state index contributed by atoms with van der Waals surface area (Å²) in [5, 5.41) is 17.0. The fourth-order valence-corrected chi connectivity index (χ4v) is 5.62. The standard InChI is InChI=1S/C12H27N6O3PS/c23-22(13-16-1-7-19-8-2-16,14-17-3-9-20-10-4-17)15-18-5-11-21-12-6-18/h1-12H2,(H3,13,14,15,23). The normalized spacial score (nSPS) is 26.4. The SMILES string of the molecule is S=P(NN1CCOCC1)(NN1CCOCC1)NN1CCOCC1. The van der Waals surface area contributed by atoms with Gasteiger partial charge in [0, 0.05) is 39.3 Å². The molecule has 3 saturated heterocycles. The van der Waals surface area contributed by atoms with Gasteiger partial charge >= 0.3 is 0 Å². The summed E-state index contributed by atoms with van der Waals surface area (Å²) in [6.45, 7) is 7.22. The van der Waals surface area contributed by atoms with Gasteiger partial charge in [-0.15, -0.1) is 0 Å². The molecule has 0 aromatic carbocycles. The summed E-state index contributed by atoms with van der Waals surface area (Å²) in [5.74, 6) is 0. The Morgan fingerprint density at radius 1 is 0.565 bits per heavy atom. The minimum Gasteiger partial charge on any atom is -0.379 e. The Kier molecular flexibility index (Phi) is 7.17. The monoisotopic (exact) mass is 366 g/mol. The van der Waals surface area contributed by atoms with Crippen molar-refractivity contribution in [2.24, 2.45) is 0 Å². The maximum Gasteiger partial charge on any atom is 0.177 e. The first-order valence-corrected chi connectivity index (χ1v) is 11.0. The Labute approximate surface area is 142 Å². The number of ether oxygens (including phenoxy) is 3. The molecule has 11 heteroatoms. The van der Waals surface area contributed by atoms with Gasteiger partial charge in [-0.2, -0.15) is 15.6 Å². The van der Waals surface area contributed by atoms with Crippen LogP contribution in [0.1, 0.15) is 0 Å². The number of nitrogens with zero attached hydrogens (tertiary/aromatic N) is 3. The smallest absolute Gasteiger partial charge is 0.177 e. The summed E-state index contributed by atoms with van der Waals surface area (Å²) in [7, 11) is 0. The molecule has 0 radical (unpaired) electrons. The number of hydrogen-bond acceptors (Lipinski definition) is 7. The van der Waals surface area contributed by atoms with Crippen molar-refractivity contribution >= 4 is 18.3 Å². The summed E-state index contributed by atoms with van der Waals surface area (Å²) in [6.07, 6.45) is 0. The third-order valence-corrected chi connectivity index (χ3v) is 6.31. The molecule has 0 unspecified atom stereocenters. The van der Waals surface area contributed by atoms with Gasteiger partial charge in [-0.3, -0.25) is 0 Å². The van der Waals surface area contributed by atoms with E-state index >= 15 is 0 Å². The molecular weight excluding hydrogens is 339 g/mol. The van der Waals surface area contributed by atoms with Gasteiger partial charge in [-0.25, -0.2) is 15.0 Å². The highest BCUT2D eigenvalue weighted by Gasteiger charge is 2.27. The van der Waals surface area contributed by atoms with E-state index in [1.54, 1.807) is 0 Å². The number of nitrogens with one attached hydrogen (secondary N) is 3. The molecule has 3 aliphatic heterocycles. The molecule has 0 aromatic heterocycles. The number of morpholine rings is 3. The van der Waals surface area contributed by atoms with Gasteiger partial charge in [0.25, 0.3) is 0 Å². The Bertz CT molecular complexity index is 345. The quantitative estimate of drug-likeness (QED) is 0.495. The zero-order valence-electron chi connectivity index (χ0n) is 13.4. The molecule has 23 heavy (non-hydrogen) atoms. The number of rotatable bonds is 6. The van der Waals surface area contributed by atoms with Crippen LogP contribution in [0.25, 0.3) is 0 Å². The van der Waals surface area contributed by atoms with Crippen LogP contribution >= 0.6 is 6.49 Å². The fraction of sp³-hybridized carbons (Fsp3) is 1.00. The molecule has 0 spiro atoms. The van der Waals surface area contributed by atoms with E-state index in [0.29, 0.717) is 0 Å². The van der Waals surface area contributed by atoms with Crippen LogP contribution in [0, 0.1) is 0 Å². The molecule has 0 saturated carbocycles. The van der Waals surface area contributed by atoms with Crippen molar-refractivity contribution in [1.82, 2.24) is 30.6 Å². The molecule has 3 aliphatic rings. The van der Waals surface area contributed by atoms with Gasteiger partial charge in [0.2, 0.25) is 0 Å². The minimum atomic E-state index is -2.23. The molecule has 3 N–H and O–H groups in total. The summed E-state index contributed by atoms with van der Waals surface area (Å²) in [6, 6.07) is 0. The maximum absolute atomic E-state index is 5.97. The van der Waals surface area contributed by atoms with E-state index in [1.807, 2.05) is 0 Å². The van der Waals surface area contributed by atoms with Crippen LogP contribution < -0.4 is 15.6 Å². The second kappa shape index (κ2) is 9.12. The van der Waals surface area contributed by atoms with Crippen LogP contribution in [-0.2, 0) is 26.0 Å². The lowest BCUT2D eigenvalue weighted by Crippen LogP contribution is -2.56. The Balaban J connectivity index is 1.61. The van der Waals surface area contributed by atoms with Crippen LogP contribution in [-0.4, -0.2) is 93.9 Å². The molecule has 3 heterocycles. The third-order valence-electron chi connectivity index (χ3n) is 3.88. The van der Waals surface area contributed by atoms with Crippen LogP contribution in [0.15, 0.2) is 0 Å². The average molecular weight is 366 g/mol. The van der Waals surface area contributed by atoms with Crippen molar-refractivity contribution in [3.8, 4) is 0 Å². The van der Waals surface area contributed by atoms with Crippen molar-refractivity contribution in [3.63, 3.8) is 0 Å². The fourth-order valence-electron chi connectivity index (χ4n) is 2.65. The lowest BCUT2D eigenvalue weighted by atomic mass is 10.5. The van der Waals surface area contributed by atoms with Crippen LogP contribution in [0.5, 0.6) is 0 Å². The molecule has 0 aromatic rings. The van der Waals surface area contributed by atoms with E-state index in [9.17, 15) is 0 Å². The molecule has 0 atom stereocenters.